The molecule has 0 fully saturated rings. The van der Waals surface area contributed by atoms with Gasteiger partial charge in [-0.3, -0.25) is 0 Å². The highest BCUT2D eigenvalue weighted by atomic mass is 79.9. The molecule has 2 rings (SSSR count). The molecule has 19 heavy (non-hydrogen) atoms. The highest BCUT2D eigenvalue weighted by Crippen LogP contribution is 2.36. The van der Waals surface area contributed by atoms with Crippen molar-refractivity contribution in [2.24, 2.45) is 5.84 Å². The lowest BCUT2D eigenvalue weighted by molar-refractivity contribution is 0.451. The van der Waals surface area contributed by atoms with Crippen molar-refractivity contribution in [3.05, 3.63) is 38.2 Å². The van der Waals surface area contributed by atoms with E-state index in [-0.39, 0.29) is 16.7 Å². The fourth-order valence-electron chi connectivity index (χ4n) is 1.21. The van der Waals surface area contributed by atoms with Gasteiger partial charge in [-0.05, 0) is 37.9 Å². The van der Waals surface area contributed by atoms with E-state index in [1.54, 1.807) is 0 Å². The number of nitrogens with zero attached hydrogens (tertiary/aromatic N) is 2. The molecule has 100 valence electrons. The van der Waals surface area contributed by atoms with Gasteiger partial charge in [0.2, 0.25) is 5.88 Å². The van der Waals surface area contributed by atoms with Gasteiger partial charge in [0.15, 0.2) is 5.82 Å². The highest BCUT2D eigenvalue weighted by molar-refractivity contribution is 9.11. The molecule has 3 N–H and O–H groups in total. The number of benzene rings is 1. The molecule has 0 unspecified atom stereocenters. The van der Waals surface area contributed by atoms with Gasteiger partial charge in [-0.15, -0.1) is 0 Å². The summed E-state index contributed by atoms with van der Waals surface area (Å²) < 4.78 is 19.8. The quantitative estimate of drug-likeness (QED) is 0.455. The molecular weight excluding hydrogens is 406 g/mol. The van der Waals surface area contributed by atoms with Crippen molar-refractivity contribution in [1.82, 2.24) is 9.97 Å². The Labute approximate surface area is 129 Å². The zero-order valence-corrected chi connectivity index (χ0v) is 13.1. The second kappa shape index (κ2) is 6.00. The van der Waals surface area contributed by atoms with Gasteiger partial charge in [0.05, 0.1) is 9.50 Å². The Balaban J connectivity index is 2.39. The number of hydrogen-bond acceptors (Lipinski definition) is 5. The second-order valence-electron chi connectivity index (χ2n) is 3.28. The van der Waals surface area contributed by atoms with E-state index in [1.165, 1.54) is 12.4 Å². The van der Waals surface area contributed by atoms with Crippen LogP contribution in [0.1, 0.15) is 0 Å². The van der Waals surface area contributed by atoms with Gasteiger partial charge in [-0.2, -0.15) is 0 Å². The average molecular weight is 412 g/mol. The van der Waals surface area contributed by atoms with Crippen LogP contribution in [-0.2, 0) is 0 Å². The highest BCUT2D eigenvalue weighted by Gasteiger charge is 2.14. The number of rotatable bonds is 3. The number of ether oxygens (including phenoxy) is 1. The third-order valence-corrected chi connectivity index (χ3v) is 3.70. The minimum absolute atomic E-state index is 0.00899. The second-order valence-corrected chi connectivity index (χ2v) is 5.34. The summed E-state index contributed by atoms with van der Waals surface area (Å²) in [5, 5.41) is -0.00899. The van der Waals surface area contributed by atoms with E-state index in [1.807, 2.05) is 0 Å². The smallest absolute Gasteiger partial charge is 0.238 e. The summed E-state index contributed by atoms with van der Waals surface area (Å²) in [6.45, 7) is 0. The van der Waals surface area contributed by atoms with E-state index < -0.39 is 5.82 Å². The number of halogens is 4. The first-order chi connectivity index (χ1) is 9.02. The van der Waals surface area contributed by atoms with E-state index in [4.69, 9.17) is 22.2 Å². The van der Waals surface area contributed by atoms with Crippen LogP contribution < -0.4 is 16.0 Å². The van der Waals surface area contributed by atoms with Crippen LogP contribution in [0.3, 0.4) is 0 Å². The lowest BCUT2D eigenvalue weighted by Gasteiger charge is -2.10. The molecule has 0 spiro atoms. The van der Waals surface area contributed by atoms with E-state index in [9.17, 15) is 4.39 Å². The fourth-order valence-corrected chi connectivity index (χ4v) is 2.33. The summed E-state index contributed by atoms with van der Waals surface area (Å²) in [5.74, 6) is 5.43. The van der Waals surface area contributed by atoms with Crippen molar-refractivity contribution in [3.8, 4) is 11.6 Å². The Bertz CT molecular complexity index is 629. The lowest BCUT2D eigenvalue weighted by Crippen LogP contribution is -2.09. The standard InChI is InChI=1S/C10H6Br2ClFN4O/c11-4-1-5(13)6(14)2-7(4)19-10-8(12)9(18-15)16-3-17-10/h1-3H,15H2,(H,16,17,18). The number of hydrazine groups is 1. The molecular formula is C10H6Br2ClFN4O. The van der Waals surface area contributed by atoms with Crippen molar-refractivity contribution in [3.63, 3.8) is 0 Å². The summed E-state index contributed by atoms with van der Waals surface area (Å²) in [7, 11) is 0. The number of nitrogens with one attached hydrogen (secondary N) is 1. The molecule has 0 radical (unpaired) electrons. The number of nitrogens with two attached hydrogens (primary N) is 1. The Morgan fingerprint density at radius 2 is 2.05 bits per heavy atom. The van der Waals surface area contributed by atoms with Gasteiger partial charge in [0.1, 0.15) is 22.4 Å². The normalized spacial score (nSPS) is 10.4. The molecule has 1 aromatic heterocycles. The molecule has 0 aliphatic heterocycles. The zero-order chi connectivity index (χ0) is 14.0. The molecule has 0 amide bonds. The summed E-state index contributed by atoms with van der Waals surface area (Å²) in [6.07, 6.45) is 1.26. The molecule has 0 aliphatic rings. The zero-order valence-electron chi connectivity index (χ0n) is 9.12. The summed E-state index contributed by atoms with van der Waals surface area (Å²) in [6, 6.07) is 2.54. The topological polar surface area (TPSA) is 73.1 Å². The lowest BCUT2D eigenvalue weighted by atomic mass is 10.3. The van der Waals surface area contributed by atoms with Gasteiger partial charge >= 0.3 is 0 Å². The molecule has 0 aliphatic carbocycles. The van der Waals surface area contributed by atoms with Crippen LogP contribution in [0.25, 0.3) is 0 Å². The van der Waals surface area contributed by atoms with Crippen LogP contribution in [-0.4, -0.2) is 9.97 Å². The average Bonchev–Trinajstić information content (AvgIpc) is 2.38. The number of nitrogen functional groups attached to an aromatic ring is 1. The van der Waals surface area contributed by atoms with Crippen LogP contribution in [0.4, 0.5) is 10.2 Å². The number of aromatic nitrogens is 2. The monoisotopic (exact) mass is 410 g/mol. The molecule has 0 saturated carbocycles. The van der Waals surface area contributed by atoms with Gasteiger partial charge in [0, 0.05) is 6.07 Å². The van der Waals surface area contributed by atoms with Crippen molar-refractivity contribution in [2.45, 2.75) is 0 Å². The Hall–Kier alpha value is -0.960. The third-order valence-electron chi connectivity index (χ3n) is 2.08. The summed E-state index contributed by atoms with van der Waals surface area (Å²) in [5.41, 5.74) is 2.37. The molecule has 2 aromatic rings. The van der Waals surface area contributed by atoms with Crippen LogP contribution in [0.5, 0.6) is 11.6 Å². The van der Waals surface area contributed by atoms with Gasteiger partial charge in [-0.25, -0.2) is 20.2 Å². The van der Waals surface area contributed by atoms with E-state index in [2.05, 4.69) is 47.3 Å². The molecule has 0 atom stereocenters. The van der Waals surface area contributed by atoms with Gasteiger partial charge in [-0.1, -0.05) is 11.6 Å². The summed E-state index contributed by atoms with van der Waals surface area (Å²) >= 11 is 12.1. The third kappa shape index (κ3) is 3.14. The minimum atomic E-state index is -0.595. The van der Waals surface area contributed by atoms with Crippen molar-refractivity contribution < 1.29 is 9.13 Å². The van der Waals surface area contributed by atoms with Crippen LogP contribution in [0.2, 0.25) is 5.02 Å². The van der Waals surface area contributed by atoms with E-state index in [0.717, 1.165) is 6.07 Å². The molecule has 0 saturated heterocycles. The van der Waals surface area contributed by atoms with E-state index >= 15 is 0 Å². The molecule has 9 heteroatoms. The Morgan fingerprint density at radius 3 is 2.74 bits per heavy atom. The number of hydrogen-bond donors (Lipinski definition) is 2. The predicted octanol–water partition coefficient (Wildman–Crippen LogP) is 3.87. The maximum atomic E-state index is 13.4. The van der Waals surface area contributed by atoms with Crippen LogP contribution in [0, 0.1) is 5.82 Å². The van der Waals surface area contributed by atoms with Crippen molar-refractivity contribution in [1.29, 1.82) is 0 Å². The largest absolute Gasteiger partial charge is 0.436 e. The fraction of sp³-hybridized carbons (Fsp3) is 0. The first-order valence-corrected chi connectivity index (χ1v) is 6.79. The maximum Gasteiger partial charge on any atom is 0.238 e. The summed E-state index contributed by atoms with van der Waals surface area (Å²) in [4.78, 5) is 7.80. The number of anilines is 1. The molecule has 5 nitrogen and oxygen atoms in total. The Kier molecular flexibility index (Phi) is 4.56. The van der Waals surface area contributed by atoms with Crippen molar-refractivity contribution in [2.75, 3.05) is 5.43 Å². The molecule has 1 heterocycles. The SMILES string of the molecule is NNc1ncnc(Oc2cc(F)c(Cl)cc2Br)c1Br. The predicted molar refractivity (Wildman–Crippen MR) is 76.7 cm³/mol. The van der Waals surface area contributed by atoms with Crippen LogP contribution in [0.15, 0.2) is 27.4 Å². The minimum Gasteiger partial charge on any atom is -0.436 e. The maximum absolute atomic E-state index is 13.4. The Morgan fingerprint density at radius 1 is 1.32 bits per heavy atom. The van der Waals surface area contributed by atoms with Gasteiger partial charge < -0.3 is 10.2 Å². The van der Waals surface area contributed by atoms with Gasteiger partial charge in [0.25, 0.3) is 0 Å². The van der Waals surface area contributed by atoms with E-state index in [0.29, 0.717) is 14.8 Å². The van der Waals surface area contributed by atoms with Crippen LogP contribution >= 0.6 is 43.5 Å². The molecule has 0 bridgehead atoms. The first-order valence-electron chi connectivity index (χ1n) is 4.82. The molecule has 1 aromatic carbocycles. The first kappa shape index (κ1) is 14.4. The van der Waals surface area contributed by atoms with Crippen molar-refractivity contribution >= 4 is 49.3 Å².